The molecular formula is C27H30O7. The van der Waals surface area contributed by atoms with Crippen LogP contribution >= 0.6 is 0 Å². The normalized spacial score (nSPS) is 24.5. The molecule has 0 spiro atoms. The van der Waals surface area contributed by atoms with E-state index < -0.39 is 30.7 Å². The molecule has 0 saturated carbocycles. The van der Waals surface area contributed by atoms with Gasteiger partial charge in [0.25, 0.3) is 0 Å². The van der Waals surface area contributed by atoms with Gasteiger partial charge in [0, 0.05) is 0 Å². The highest BCUT2D eigenvalue weighted by molar-refractivity contribution is 5.31. The van der Waals surface area contributed by atoms with E-state index in [1.807, 2.05) is 60.7 Å². The summed E-state index contributed by atoms with van der Waals surface area (Å²) in [6.07, 6.45) is -5.10. The fourth-order valence-electron chi connectivity index (χ4n) is 3.77. The third-order valence-corrected chi connectivity index (χ3v) is 5.63. The molecule has 2 N–H and O–H groups in total. The van der Waals surface area contributed by atoms with Crippen molar-refractivity contribution in [3.8, 4) is 11.5 Å². The van der Waals surface area contributed by atoms with E-state index in [0.717, 1.165) is 11.1 Å². The van der Waals surface area contributed by atoms with Gasteiger partial charge in [-0.3, -0.25) is 0 Å². The molecule has 1 heterocycles. The zero-order valence-electron chi connectivity index (χ0n) is 19.0. The van der Waals surface area contributed by atoms with Gasteiger partial charge in [0.05, 0.1) is 26.9 Å². The van der Waals surface area contributed by atoms with E-state index in [0.29, 0.717) is 18.1 Å². The monoisotopic (exact) mass is 466 g/mol. The molecule has 1 fully saturated rings. The lowest BCUT2D eigenvalue weighted by atomic mass is 9.98. The summed E-state index contributed by atoms with van der Waals surface area (Å²) in [5, 5.41) is 21.7. The van der Waals surface area contributed by atoms with Gasteiger partial charge in [-0.25, -0.2) is 0 Å². The van der Waals surface area contributed by atoms with Crippen LogP contribution in [0.2, 0.25) is 0 Å². The first-order valence-electron chi connectivity index (χ1n) is 11.2. The van der Waals surface area contributed by atoms with Crippen molar-refractivity contribution in [3.05, 3.63) is 96.1 Å². The van der Waals surface area contributed by atoms with Crippen LogP contribution in [0.4, 0.5) is 0 Å². The molecular weight excluding hydrogens is 436 g/mol. The summed E-state index contributed by atoms with van der Waals surface area (Å²) in [4.78, 5) is 0. The molecule has 1 aliphatic heterocycles. The van der Waals surface area contributed by atoms with Crippen LogP contribution in [0.1, 0.15) is 11.1 Å². The molecule has 0 aromatic heterocycles. The van der Waals surface area contributed by atoms with Gasteiger partial charge < -0.3 is 33.9 Å². The van der Waals surface area contributed by atoms with Crippen molar-refractivity contribution in [2.24, 2.45) is 0 Å². The van der Waals surface area contributed by atoms with Gasteiger partial charge >= 0.3 is 0 Å². The molecule has 3 aromatic carbocycles. The minimum Gasteiger partial charge on any atom is -0.497 e. The third kappa shape index (κ3) is 6.34. The Morgan fingerprint density at radius 3 is 1.94 bits per heavy atom. The summed E-state index contributed by atoms with van der Waals surface area (Å²) in [6.45, 7) is 0.799. The topological polar surface area (TPSA) is 86.6 Å². The molecule has 34 heavy (non-hydrogen) atoms. The van der Waals surface area contributed by atoms with Crippen LogP contribution in [0, 0.1) is 0 Å². The smallest absolute Gasteiger partial charge is 0.229 e. The molecule has 7 nitrogen and oxygen atoms in total. The van der Waals surface area contributed by atoms with E-state index in [2.05, 4.69) is 0 Å². The van der Waals surface area contributed by atoms with Crippen molar-refractivity contribution in [1.29, 1.82) is 0 Å². The highest BCUT2D eigenvalue weighted by atomic mass is 16.7. The van der Waals surface area contributed by atoms with Crippen molar-refractivity contribution >= 4 is 0 Å². The molecule has 0 unspecified atom stereocenters. The predicted molar refractivity (Wildman–Crippen MR) is 125 cm³/mol. The molecule has 180 valence electrons. The second-order valence-corrected chi connectivity index (χ2v) is 8.08. The predicted octanol–water partition coefficient (Wildman–Crippen LogP) is 3.32. The Kier molecular flexibility index (Phi) is 8.51. The van der Waals surface area contributed by atoms with Crippen molar-refractivity contribution < 1.29 is 33.9 Å². The summed E-state index contributed by atoms with van der Waals surface area (Å²) in [5.74, 6) is 1.16. The first-order chi connectivity index (χ1) is 16.6. The zero-order valence-corrected chi connectivity index (χ0v) is 19.0. The second-order valence-electron chi connectivity index (χ2n) is 8.08. The van der Waals surface area contributed by atoms with Crippen molar-refractivity contribution in [3.63, 3.8) is 0 Å². The van der Waals surface area contributed by atoms with Gasteiger partial charge in [0.1, 0.15) is 35.9 Å². The highest BCUT2D eigenvalue weighted by Gasteiger charge is 2.46. The average Bonchev–Trinajstić information content (AvgIpc) is 2.88. The van der Waals surface area contributed by atoms with Gasteiger partial charge in [-0.05, 0) is 35.4 Å². The van der Waals surface area contributed by atoms with Gasteiger partial charge in [-0.2, -0.15) is 0 Å². The number of aliphatic hydroxyl groups excluding tert-OH is 2. The van der Waals surface area contributed by atoms with Crippen molar-refractivity contribution in [2.75, 3.05) is 13.7 Å². The quantitative estimate of drug-likeness (QED) is 0.474. The minimum atomic E-state index is -1.31. The SMILES string of the molecule is COc1ccc(O[C@@H]2O[C@H](COCc3ccccc3)[C@@H](OCc3ccccc3)[C@H](O)[C@H]2O)cc1. The Bertz CT molecular complexity index is 981. The Morgan fingerprint density at radius 1 is 0.735 bits per heavy atom. The van der Waals surface area contributed by atoms with E-state index in [9.17, 15) is 10.2 Å². The standard InChI is InChI=1S/C27H30O7/c1-30-21-12-14-22(15-13-21)33-27-25(29)24(28)26(32-17-20-10-6-3-7-11-20)23(34-27)18-31-16-19-8-4-2-5-9-19/h2-15,23-29H,16-18H2,1H3/t23-,24-,25-,26-,27-/m1/s1. The molecule has 1 saturated heterocycles. The molecule has 0 amide bonds. The summed E-state index contributed by atoms with van der Waals surface area (Å²) >= 11 is 0. The van der Waals surface area contributed by atoms with Crippen LogP contribution in [-0.4, -0.2) is 54.6 Å². The van der Waals surface area contributed by atoms with E-state index in [1.54, 1.807) is 31.4 Å². The number of ether oxygens (including phenoxy) is 5. The van der Waals surface area contributed by atoms with Crippen LogP contribution in [0.3, 0.4) is 0 Å². The Hall–Kier alpha value is -2.94. The molecule has 5 atom stereocenters. The molecule has 3 aromatic rings. The summed E-state index contributed by atoms with van der Waals surface area (Å²) in [6, 6.07) is 26.3. The molecule has 0 aliphatic carbocycles. The van der Waals surface area contributed by atoms with E-state index in [-0.39, 0.29) is 13.2 Å². The molecule has 1 aliphatic rings. The maximum Gasteiger partial charge on any atom is 0.229 e. The van der Waals surface area contributed by atoms with E-state index >= 15 is 0 Å². The molecule has 0 radical (unpaired) electrons. The van der Waals surface area contributed by atoms with E-state index in [1.165, 1.54) is 0 Å². The summed E-state index contributed by atoms with van der Waals surface area (Å²) in [7, 11) is 1.58. The molecule has 0 bridgehead atoms. The Labute approximate surface area is 199 Å². The van der Waals surface area contributed by atoms with Crippen LogP contribution < -0.4 is 9.47 Å². The van der Waals surface area contributed by atoms with Crippen molar-refractivity contribution in [2.45, 2.75) is 43.9 Å². The third-order valence-electron chi connectivity index (χ3n) is 5.63. The molecule has 7 heteroatoms. The number of rotatable bonds is 10. The number of methoxy groups -OCH3 is 1. The van der Waals surface area contributed by atoms with Crippen LogP contribution in [-0.2, 0) is 27.4 Å². The van der Waals surface area contributed by atoms with Gasteiger partial charge in [-0.15, -0.1) is 0 Å². The average molecular weight is 467 g/mol. The largest absolute Gasteiger partial charge is 0.497 e. The van der Waals surface area contributed by atoms with E-state index in [4.69, 9.17) is 23.7 Å². The summed E-state index contributed by atoms with van der Waals surface area (Å²) in [5.41, 5.74) is 1.97. The van der Waals surface area contributed by atoms with Crippen LogP contribution in [0.15, 0.2) is 84.9 Å². The first kappa shape index (κ1) is 24.2. The lowest BCUT2D eigenvalue weighted by Gasteiger charge is -2.42. The van der Waals surface area contributed by atoms with Gasteiger partial charge in [0.15, 0.2) is 0 Å². The minimum absolute atomic E-state index is 0.153. The fraction of sp³-hybridized carbons (Fsp3) is 0.333. The highest BCUT2D eigenvalue weighted by Crippen LogP contribution is 2.28. The zero-order chi connectivity index (χ0) is 23.8. The second kappa shape index (κ2) is 12.0. The number of aliphatic hydroxyl groups is 2. The lowest BCUT2D eigenvalue weighted by Crippen LogP contribution is -2.61. The summed E-state index contributed by atoms with van der Waals surface area (Å²) < 4.78 is 29.0. The Balaban J connectivity index is 1.44. The molecule has 4 rings (SSSR count). The van der Waals surface area contributed by atoms with Crippen LogP contribution in [0.5, 0.6) is 11.5 Å². The van der Waals surface area contributed by atoms with Gasteiger partial charge in [-0.1, -0.05) is 60.7 Å². The van der Waals surface area contributed by atoms with Gasteiger partial charge in [0.2, 0.25) is 6.29 Å². The van der Waals surface area contributed by atoms with Crippen LogP contribution in [0.25, 0.3) is 0 Å². The van der Waals surface area contributed by atoms with Crippen molar-refractivity contribution in [1.82, 2.24) is 0 Å². The fourth-order valence-corrected chi connectivity index (χ4v) is 3.77. The number of benzene rings is 3. The maximum absolute atomic E-state index is 10.9. The lowest BCUT2D eigenvalue weighted by molar-refractivity contribution is -0.290. The first-order valence-corrected chi connectivity index (χ1v) is 11.2. The Morgan fingerprint density at radius 2 is 1.32 bits per heavy atom. The number of hydrogen-bond donors (Lipinski definition) is 2. The number of hydrogen-bond acceptors (Lipinski definition) is 7. The maximum atomic E-state index is 10.9.